The van der Waals surface area contributed by atoms with Crippen LogP contribution in [0.1, 0.15) is 45.4 Å². The van der Waals surface area contributed by atoms with E-state index in [9.17, 15) is 10.0 Å². The molecular weight excluding hydrogens is 194 g/mol. The summed E-state index contributed by atoms with van der Waals surface area (Å²) < 4.78 is -0.487. The Hall–Kier alpha value is -0.610. The van der Waals surface area contributed by atoms with Crippen molar-refractivity contribution in [3.05, 3.63) is 5.21 Å². The fourth-order valence-electron chi connectivity index (χ4n) is 2.33. The lowest BCUT2D eigenvalue weighted by atomic mass is 10.1. The number of carbonyl (C=O) groups is 1. The van der Waals surface area contributed by atoms with E-state index >= 15 is 0 Å². The van der Waals surface area contributed by atoms with Crippen molar-refractivity contribution >= 4 is 5.97 Å². The topological polar surface area (TPSA) is 60.4 Å². The fourth-order valence-corrected chi connectivity index (χ4v) is 2.33. The van der Waals surface area contributed by atoms with Gasteiger partial charge in [0.25, 0.3) is 0 Å². The van der Waals surface area contributed by atoms with Gasteiger partial charge in [-0.3, -0.25) is 0 Å². The van der Waals surface area contributed by atoms with Crippen molar-refractivity contribution in [3.8, 4) is 0 Å². The highest BCUT2D eigenvalue weighted by Gasteiger charge is 2.36. The predicted octanol–water partition coefficient (Wildman–Crippen LogP) is 2.13. The zero-order chi connectivity index (χ0) is 11.3. The zero-order valence-corrected chi connectivity index (χ0v) is 9.45. The Morgan fingerprint density at radius 2 is 2.00 bits per heavy atom. The summed E-state index contributed by atoms with van der Waals surface area (Å²) in [6.07, 6.45) is 5.22. The molecule has 1 fully saturated rings. The largest absolute Gasteiger partial charge is 0.632 e. The van der Waals surface area contributed by atoms with Crippen LogP contribution in [0, 0.1) is 5.21 Å². The summed E-state index contributed by atoms with van der Waals surface area (Å²) >= 11 is 0. The van der Waals surface area contributed by atoms with E-state index in [1.807, 2.05) is 0 Å². The number of hydrogen-bond acceptors (Lipinski definition) is 2. The first kappa shape index (κ1) is 12.5. The Labute approximate surface area is 91.1 Å². The Kier molecular flexibility index (Phi) is 4.54. The Morgan fingerprint density at radius 1 is 1.40 bits per heavy atom. The van der Waals surface area contributed by atoms with E-state index in [2.05, 4.69) is 6.92 Å². The standard InChI is InChI=1S/C11H21NO3/c1-2-3-4-7-10(11(13)14)12(15)8-5-6-9-12/h10H,2-9H2,1H3,(H,13,14). The lowest BCUT2D eigenvalue weighted by molar-refractivity contribution is -0.885. The summed E-state index contributed by atoms with van der Waals surface area (Å²) in [6, 6.07) is -0.723. The summed E-state index contributed by atoms with van der Waals surface area (Å²) in [5.74, 6) is -0.914. The average Bonchev–Trinajstić information content (AvgIpc) is 2.60. The molecule has 1 aliphatic heterocycles. The van der Waals surface area contributed by atoms with Crippen LogP contribution in [-0.4, -0.2) is 34.9 Å². The molecule has 1 atom stereocenters. The maximum Gasteiger partial charge on any atom is 0.362 e. The molecule has 0 aromatic heterocycles. The van der Waals surface area contributed by atoms with Gasteiger partial charge in [0, 0.05) is 19.3 Å². The van der Waals surface area contributed by atoms with Crippen LogP contribution in [0.2, 0.25) is 0 Å². The second-order valence-corrected chi connectivity index (χ2v) is 4.46. The first-order valence-corrected chi connectivity index (χ1v) is 5.90. The van der Waals surface area contributed by atoms with Gasteiger partial charge in [-0.2, -0.15) is 0 Å². The van der Waals surface area contributed by atoms with E-state index < -0.39 is 16.7 Å². The van der Waals surface area contributed by atoms with Gasteiger partial charge in [-0.05, 0) is 6.42 Å². The van der Waals surface area contributed by atoms with Gasteiger partial charge in [-0.15, -0.1) is 0 Å². The van der Waals surface area contributed by atoms with Crippen molar-refractivity contribution < 1.29 is 14.5 Å². The van der Waals surface area contributed by atoms with E-state index in [1.54, 1.807) is 0 Å². The molecule has 0 aromatic rings. The molecule has 4 heteroatoms. The number of likely N-dealkylation sites (tertiary alicyclic amines) is 1. The molecule has 1 heterocycles. The molecule has 15 heavy (non-hydrogen) atoms. The monoisotopic (exact) mass is 215 g/mol. The normalized spacial score (nSPS) is 21.5. The number of unbranched alkanes of at least 4 members (excludes halogenated alkanes) is 2. The van der Waals surface area contributed by atoms with Crippen molar-refractivity contribution in [3.63, 3.8) is 0 Å². The molecule has 1 saturated heterocycles. The first-order valence-electron chi connectivity index (χ1n) is 5.90. The van der Waals surface area contributed by atoms with Gasteiger partial charge >= 0.3 is 5.97 Å². The van der Waals surface area contributed by atoms with Crippen LogP contribution >= 0.6 is 0 Å². The molecule has 0 spiro atoms. The lowest BCUT2D eigenvalue weighted by Crippen LogP contribution is -2.52. The van der Waals surface area contributed by atoms with E-state index in [0.717, 1.165) is 32.1 Å². The summed E-state index contributed by atoms with van der Waals surface area (Å²) in [5.41, 5.74) is 0. The maximum absolute atomic E-state index is 12.2. The van der Waals surface area contributed by atoms with Crippen LogP contribution in [-0.2, 0) is 4.79 Å². The number of hydroxylamine groups is 3. The van der Waals surface area contributed by atoms with Crippen LogP contribution < -0.4 is 0 Å². The predicted molar refractivity (Wildman–Crippen MR) is 58.2 cm³/mol. The van der Waals surface area contributed by atoms with Crippen LogP contribution in [0.25, 0.3) is 0 Å². The molecule has 0 saturated carbocycles. The molecule has 0 bridgehead atoms. The van der Waals surface area contributed by atoms with Crippen molar-refractivity contribution in [2.75, 3.05) is 13.1 Å². The molecule has 0 aliphatic carbocycles. The SMILES string of the molecule is CCCCCC(C(=O)O)[N+]1([O-])CCCC1. The Balaban J connectivity index is 2.52. The molecule has 0 radical (unpaired) electrons. The Bertz CT molecular complexity index is 212. The van der Waals surface area contributed by atoms with Gasteiger partial charge in [0.2, 0.25) is 0 Å². The third-order valence-electron chi connectivity index (χ3n) is 3.26. The van der Waals surface area contributed by atoms with Gasteiger partial charge in [-0.1, -0.05) is 19.8 Å². The molecule has 4 nitrogen and oxygen atoms in total. The highest BCUT2D eigenvalue weighted by Crippen LogP contribution is 2.25. The lowest BCUT2D eigenvalue weighted by Gasteiger charge is -2.43. The van der Waals surface area contributed by atoms with Crippen LogP contribution in [0.15, 0.2) is 0 Å². The maximum atomic E-state index is 12.2. The number of quaternary nitrogens is 1. The minimum absolute atomic E-state index is 0.487. The van der Waals surface area contributed by atoms with Crippen LogP contribution in [0.5, 0.6) is 0 Å². The van der Waals surface area contributed by atoms with Crippen molar-refractivity contribution in [2.24, 2.45) is 0 Å². The van der Waals surface area contributed by atoms with Gasteiger partial charge in [0.05, 0.1) is 13.1 Å². The molecule has 0 amide bonds. The molecule has 1 N–H and O–H groups in total. The number of carboxylic acids is 1. The number of aliphatic carboxylic acids is 1. The summed E-state index contributed by atoms with van der Waals surface area (Å²) in [5, 5.41) is 21.3. The average molecular weight is 215 g/mol. The molecular formula is C11H21NO3. The summed E-state index contributed by atoms with van der Waals surface area (Å²) in [4.78, 5) is 11.1. The van der Waals surface area contributed by atoms with Crippen LogP contribution in [0.3, 0.4) is 0 Å². The molecule has 88 valence electrons. The zero-order valence-electron chi connectivity index (χ0n) is 9.45. The van der Waals surface area contributed by atoms with Gasteiger partial charge in [0.15, 0.2) is 6.04 Å². The highest BCUT2D eigenvalue weighted by atomic mass is 16.6. The van der Waals surface area contributed by atoms with Crippen molar-refractivity contribution in [2.45, 2.75) is 51.5 Å². The number of hydrogen-bond donors (Lipinski definition) is 1. The summed E-state index contributed by atoms with van der Waals surface area (Å²) in [7, 11) is 0. The van der Waals surface area contributed by atoms with E-state index in [1.165, 1.54) is 0 Å². The van der Waals surface area contributed by atoms with Gasteiger partial charge in [-0.25, -0.2) is 4.79 Å². The second-order valence-electron chi connectivity index (χ2n) is 4.46. The van der Waals surface area contributed by atoms with E-state index in [0.29, 0.717) is 19.5 Å². The first-order chi connectivity index (χ1) is 7.10. The van der Waals surface area contributed by atoms with Gasteiger partial charge in [0.1, 0.15) is 0 Å². The molecule has 1 aliphatic rings. The van der Waals surface area contributed by atoms with Crippen LogP contribution in [0.4, 0.5) is 0 Å². The summed E-state index contributed by atoms with van der Waals surface area (Å²) in [6.45, 7) is 3.05. The second kappa shape index (κ2) is 5.47. The molecule has 1 unspecified atom stereocenters. The third kappa shape index (κ3) is 3.18. The number of rotatable bonds is 6. The fraction of sp³-hybridized carbons (Fsp3) is 0.909. The van der Waals surface area contributed by atoms with Crippen molar-refractivity contribution in [1.29, 1.82) is 0 Å². The minimum Gasteiger partial charge on any atom is -0.632 e. The number of carboxylic acid groups (broad SMARTS) is 1. The van der Waals surface area contributed by atoms with Crippen molar-refractivity contribution in [1.82, 2.24) is 0 Å². The Morgan fingerprint density at radius 3 is 2.47 bits per heavy atom. The smallest absolute Gasteiger partial charge is 0.362 e. The van der Waals surface area contributed by atoms with E-state index in [4.69, 9.17) is 5.11 Å². The third-order valence-corrected chi connectivity index (χ3v) is 3.26. The highest BCUT2D eigenvalue weighted by molar-refractivity contribution is 5.72. The number of nitrogens with zero attached hydrogens (tertiary/aromatic N) is 1. The van der Waals surface area contributed by atoms with Gasteiger partial charge < -0.3 is 15.0 Å². The van der Waals surface area contributed by atoms with E-state index in [-0.39, 0.29) is 0 Å². The molecule has 1 rings (SSSR count). The minimum atomic E-state index is -0.914. The molecule has 0 aromatic carbocycles. The quantitative estimate of drug-likeness (QED) is 0.419.